The van der Waals surface area contributed by atoms with Gasteiger partial charge >= 0.3 is 354 Å². The molecule has 0 N–H and O–H groups in total. The Hall–Kier alpha value is -8.00. The fraction of sp³-hybridized carbons (Fsp3) is 0. The van der Waals surface area contributed by atoms with E-state index in [1.807, 2.05) is 0 Å². The quantitative estimate of drug-likeness (QED) is 0.120. The van der Waals surface area contributed by atoms with Crippen LogP contribution in [0.1, 0.15) is 0 Å². The molecule has 0 aliphatic heterocycles. The topological polar surface area (TPSA) is 4.93 Å². The van der Waals surface area contributed by atoms with E-state index in [-0.39, 0.29) is 14.5 Å². The molecule has 0 aliphatic carbocycles. The van der Waals surface area contributed by atoms with E-state index in [0.29, 0.717) is 0 Å². The number of para-hydroxylation sites is 1. The molecule has 1 nitrogen and oxygen atoms in total. The van der Waals surface area contributed by atoms with E-state index in [4.69, 9.17) is 0 Å². The molecule has 14 rings (SSSR count). The minimum absolute atomic E-state index is 0.138. The standard InChI is InChI=1S/C64H39NSe/c1-3-18-40(19-4-1)42-35-37-57-55(38-42)44-22-15-16-32-56(44)65(57)64-51-29-13-11-27-49(51)61(50-28-12-14-30-52(50)64)43-34-36-53-59(39-43)66-58-33-17-31-54(63(53)58)62-47-25-9-7-23-45(47)60(41-20-5-2-6-21-41)46-24-8-10-26-48(46)62/h1-39H. The van der Waals surface area contributed by atoms with Gasteiger partial charge in [0.1, 0.15) is 0 Å². The summed E-state index contributed by atoms with van der Waals surface area (Å²) in [6, 6.07) is 88.1. The summed E-state index contributed by atoms with van der Waals surface area (Å²) in [6.45, 7) is 0. The van der Waals surface area contributed by atoms with Gasteiger partial charge in [0.2, 0.25) is 0 Å². The number of rotatable bonds is 5. The van der Waals surface area contributed by atoms with Gasteiger partial charge in [-0.05, 0) is 5.56 Å². The Bertz CT molecular complexity index is 4160. The Balaban J connectivity index is 0.998. The summed E-state index contributed by atoms with van der Waals surface area (Å²) in [6.07, 6.45) is 0. The first-order valence-corrected chi connectivity index (χ1v) is 24.5. The van der Waals surface area contributed by atoms with Crippen molar-refractivity contribution in [3.05, 3.63) is 237 Å². The molecular weight excluding hydrogens is 862 g/mol. The first kappa shape index (κ1) is 37.4. The SMILES string of the molecule is c1ccc(-c2ccc3c(c2)c2ccccc2n3-c2c3ccccc3c(-c3ccc4c(c3)[se]c3cccc(-c5c6ccccc6c(-c6ccccc6)c6ccccc56)c34)c3ccccc23)cc1. The van der Waals surface area contributed by atoms with Crippen LogP contribution < -0.4 is 0 Å². The van der Waals surface area contributed by atoms with Crippen molar-refractivity contribution in [2.45, 2.75) is 0 Å². The Morgan fingerprint density at radius 1 is 0.258 bits per heavy atom. The number of fused-ring (bicyclic) bond motifs is 10. The second-order valence-corrected chi connectivity index (χ2v) is 19.7. The molecule has 0 unspecified atom stereocenters. The van der Waals surface area contributed by atoms with E-state index in [1.54, 1.807) is 0 Å². The van der Waals surface area contributed by atoms with Crippen LogP contribution >= 0.6 is 0 Å². The van der Waals surface area contributed by atoms with Crippen LogP contribution in [0.4, 0.5) is 0 Å². The van der Waals surface area contributed by atoms with Crippen molar-refractivity contribution in [1.29, 1.82) is 0 Å². The summed E-state index contributed by atoms with van der Waals surface area (Å²) < 4.78 is 5.41. The molecule has 0 bridgehead atoms. The van der Waals surface area contributed by atoms with Crippen molar-refractivity contribution in [2.75, 3.05) is 0 Å². The first-order valence-electron chi connectivity index (χ1n) is 22.8. The zero-order valence-corrected chi connectivity index (χ0v) is 37.6. The molecule has 12 aromatic carbocycles. The van der Waals surface area contributed by atoms with Crippen molar-refractivity contribution in [1.82, 2.24) is 4.57 Å². The van der Waals surface area contributed by atoms with Crippen molar-refractivity contribution in [3.63, 3.8) is 0 Å². The number of benzene rings is 12. The van der Waals surface area contributed by atoms with Gasteiger partial charge in [-0.15, -0.1) is 0 Å². The molecule has 2 heteroatoms. The van der Waals surface area contributed by atoms with Gasteiger partial charge in [0.25, 0.3) is 0 Å². The molecular formula is C64H39NSe. The van der Waals surface area contributed by atoms with Gasteiger partial charge in [0.05, 0.1) is 0 Å². The normalized spacial score (nSPS) is 11.9. The molecule has 66 heavy (non-hydrogen) atoms. The Labute approximate surface area is 387 Å². The molecule has 0 amide bonds. The summed E-state index contributed by atoms with van der Waals surface area (Å²) >= 11 is 0.138. The number of hydrogen-bond donors (Lipinski definition) is 0. The van der Waals surface area contributed by atoms with Gasteiger partial charge in [-0.1, -0.05) is 30.3 Å². The zero-order chi connectivity index (χ0) is 43.3. The predicted octanol–water partition coefficient (Wildman–Crippen LogP) is 17.4. The van der Waals surface area contributed by atoms with Crippen LogP contribution in [0, 0.1) is 0 Å². The minimum atomic E-state index is 0.138. The summed E-state index contributed by atoms with van der Waals surface area (Å²) in [5.41, 5.74) is 13.8. The molecule has 0 saturated carbocycles. The molecule has 0 radical (unpaired) electrons. The summed E-state index contributed by atoms with van der Waals surface area (Å²) in [5, 5.41) is 15.4. The van der Waals surface area contributed by atoms with Gasteiger partial charge in [-0.2, -0.15) is 0 Å². The molecule has 0 fully saturated rings. The number of nitrogens with zero attached hydrogens (tertiary/aromatic N) is 1. The summed E-state index contributed by atoms with van der Waals surface area (Å²) in [5.74, 6) is 0. The molecule has 14 aromatic rings. The van der Waals surface area contributed by atoms with Gasteiger partial charge in [0, 0.05) is 0 Å². The smallest absolute Gasteiger partial charge is 0.0544 e. The van der Waals surface area contributed by atoms with Crippen LogP contribution in [-0.2, 0) is 0 Å². The van der Waals surface area contributed by atoms with E-state index in [1.165, 1.54) is 134 Å². The van der Waals surface area contributed by atoms with Gasteiger partial charge in [-0.25, -0.2) is 0 Å². The van der Waals surface area contributed by atoms with E-state index in [2.05, 4.69) is 241 Å². The Kier molecular flexibility index (Phi) is 8.37. The zero-order valence-electron chi connectivity index (χ0n) is 35.9. The number of hydrogen-bond acceptors (Lipinski definition) is 0. The van der Waals surface area contributed by atoms with Crippen LogP contribution in [-0.4, -0.2) is 19.1 Å². The Morgan fingerprint density at radius 2 is 0.742 bits per heavy atom. The van der Waals surface area contributed by atoms with E-state index in [9.17, 15) is 0 Å². The van der Waals surface area contributed by atoms with Crippen LogP contribution in [0.15, 0.2) is 237 Å². The minimum Gasteiger partial charge on any atom is -0.0617 e. The Morgan fingerprint density at radius 3 is 1.38 bits per heavy atom. The van der Waals surface area contributed by atoms with E-state index >= 15 is 0 Å². The molecule has 306 valence electrons. The summed E-state index contributed by atoms with van der Waals surface area (Å²) in [7, 11) is 0. The van der Waals surface area contributed by atoms with Gasteiger partial charge < -0.3 is 0 Å². The maximum Gasteiger partial charge on any atom is -0.0544 e. The van der Waals surface area contributed by atoms with Crippen LogP contribution in [0.2, 0.25) is 0 Å². The van der Waals surface area contributed by atoms with Crippen LogP contribution in [0.3, 0.4) is 0 Å². The fourth-order valence-electron chi connectivity index (χ4n) is 11.2. The molecule has 2 heterocycles. The largest absolute Gasteiger partial charge is 0.0617 e. The molecule has 2 aromatic heterocycles. The molecule has 0 spiro atoms. The third-order valence-electron chi connectivity index (χ3n) is 14.0. The monoisotopic (exact) mass is 901 g/mol. The van der Waals surface area contributed by atoms with Crippen LogP contribution in [0.5, 0.6) is 0 Å². The average Bonchev–Trinajstić information content (AvgIpc) is 3.93. The van der Waals surface area contributed by atoms with Crippen molar-refractivity contribution in [2.24, 2.45) is 0 Å². The molecule has 0 saturated heterocycles. The maximum absolute atomic E-state index is 2.53. The van der Waals surface area contributed by atoms with Gasteiger partial charge in [0.15, 0.2) is 0 Å². The third-order valence-corrected chi connectivity index (χ3v) is 16.3. The fourth-order valence-corrected chi connectivity index (χ4v) is 13.7. The first-order chi connectivity index (χ1) is 32.8. The maximum atomic E-state index is 2.53. The van der Waals surface area contributed by atoms with Crippen molar-refractivity contribution >= 4 is 98.7 Å². The number of aromatic nitrogens is 1. The van der Waals surface area contributed by atoms with Gasteiger partial charge in [-0.3, -0.25) is 0 Å². The second-order valence-electron chi connectivity index (χ2n) is 17.5. The second kappa shape index (κ2) is 14.8. The van der Waals surface area contributed by atoms with E-state index < -0.39 is 0 Å². The molecule has 0 aliphatic rings. The van der Waals surface area contributed by atoms with Crippen molar-refractivity contribution < 1.29 is 0 Å². The van der Waals surface area contributed by atoms with Crippen molar-refractivity contribution in [3.8, 4) is 50.2 Å². The van der Waals surface area contributed by atoms with Crippen LogP contribution in [0.25, 0.3) is 134 Å². The summed E-state index contributed by atoms with van der Waals surface area (Å²) in [4.78, 5) is 0. The third kappa shape index (κ3) is 5.53. The van der Waals surface area contributed by atoms with E-state index in [0.717, 1.165) is 0 Å². The molecule has 0 atom stereocenters. The average molecular weight is 901 g/mol. The predicted molar refractivity (Wildman–Crippen MR) is 285 cm³/mol.